The average molecular weight is 306 g/mol. The Labute approximate surface area is 134 Å². The van der Waals surface area contributed by atoms with Crippen molar-refractivity contribution < 1.29 is 9.53 Å². The van der Waals surface area contributed by atoms with Gasteiger partial charge < -0.3 is 15.0 Å². The first-order chi connectivity index (χ1) is 10.3. The van der Waals surface area contributed by atoms with Gasteiger partial charge in [-0.1, -0.05) is 25.1 Å². The number of benzene rings is 1. The minimum Gasteiger partial charge on any atom is -0.444 e. The molecule has 0 saturated heterocycles. The summed E-state index contributed by atoms with van der Waals surface area (Å²) in [6, 6.07) is 8.53. The maximum atomic E-state index is 12.3. The smallest absolute Gasteiger partial charge is 0.410 e. The first kappa shape index (κ1) is 18.3. The lowest BCUT2D eigenvalue weighted by atomic mass is 10.1. The second-order valence-electron chi connectivity index (χ2n) is 6.61. The van der Waals surface area contributed by atoms with Gasteiger partial charge in [0, 0.05) is 18.3 Å². The van der Waals surface area contributed by atoms with Gasteiger partial charge in [-0.05, 0) is 52.7 Å². The fourth-order valence-electron chi connectivity index (χ4n) is 2.00. The molecule has 0 radical (unpaired) electrons. The van der Waals surface area contributed by atoms with Crippen molar-refractivity contribution in [2.24, 2.45) is 0 Å². The normalized spacial score (nSPS) is 12.6. The first-order valence-electron chi connectivity index (χ1n) is 8.09. The molecule has 0 bridgehead atoms. The quantitative estimate of drug-likeness (QED) is 0.831. The van der Waals surface area contributed by atoms with Crippen molar-refractivity contribution >= 4 is 11.8 Å². The van der Waals surface area contributed by atoms with Gasteiger partial charge in [0.05, 0.1) is 6.54 Å². The third-order valence-corrected chi connectivity index (χ3v) is 3.43. The van der Waals surface area contributed by atoms with E-state index < -0.39 is 5.60 Å². The Kier molecular flexibility index (Phi) is 6.72. The number of nitrogens with zero attached hydrogens (tertiary/aromatic N) is 1. The lowest BCUT2D eigenvalue weighted by Gasteiger charge is -2.27. The highest BCUT2D eigenvalue weighted by Crippen LogP contribution is 2.20. The highest BCUT2D eigenvalue weighted by atomic mass is 16.6. The molecule has 1 atom stereocenters. The van der Waals surface area contributed by atoms with Crippen LogP contribution in [-0.4, -0.2) is 29.2 Å². The third-order valence-electron chi connectivity index (χ3n) is 3.43. The second kappa shape index (κ2) is 8.06. The maximum Gasteiger partial charge on any atom is 0.410 e. The van der Waals surface area contributed by atoms with Crippen LogP contribution in [0.2, 0.25) is 0 Å². The molecule has 0 saturated carbocycles. The number of rotatable bonds is 6. The number of amides is 1. The lowest BCUT2D eigenvalue weighted by molar-refractivity contribution is 0.0245. The van der Waals surface area contributed by atoms with Crippen molar-refractivity contribution in [1.29, 1.82) is 0 Å². The van der Waals surface area contributed by atoms with Crippen LogP contribution in [0.5, 0.6) is 0 Å². The zero-order chi connectivity index (χ0) is 16.8. The highest BCUT2D eigenvalue weighted by molar-refractivity contribution is 5.68. The van der Waals surface area contributed by atoms with Crippen molar-refractivity contribution in [3.63, 3.8) is 0 Å². The molecule has 0 fully saturated rings. The van der Waals surface area contributed by atoms with E-state index >= 15 is 0 Å². The number of carbonyl (C=O) groups is 1. The summed E-state index contributed by atoms with van der Waals surface area (Å²) < 4.78 is 5.47. The van der Waals surface area contributed by atoms with Gasteiger partial charge in [0.25, 0.3) is 0 Å². The Morgan fingerprint density at radius 3 is 2.45 bits per heavy atom. The van der Waals surface area contributed by atoms with Crippen LogP contribution in [0.25, 0.3) is 0 Å². The summed E-state index contributed by atoms with van der Waals surface area (Å²) in [6.45, 7) is 13.1. The summed E-state index contributed by atoms with van der Waals surface area (Å²) in [5, 5.41) is 3.50. The van der Waals surface area contributed by atoms with Gasteiger partial charge >= 0.3 is 6.09 Å². The molecule has 1 aromatic carbocycles. The van der Waals surface area contributed by atoms with Crippen LogP contribution < -0.4 is 5.32 Å². The summed E-state index contributed by atoms with van der Waals surface area (Å²) >= 11 is 0. The van der Waals surface area contributed by atoms with Crippen LogP contribution in [-0.2, 0) is 11.3 Å². The standard InChI is InChI=1S/C18H30N2O2/c1-7-14(3)19-16-12-10-9-11-15(16)13-20(8-2)17(21)22-18(4,5)6/h9-12,14,19H,7-8,13H2,1-6H3. The Balaban J connectivity index is 2.85. The van der Waals surface area contributed by atoms with E-state index in [1.54, 1.807) is 4.90 Å². The van der Waals surface area contributed by atoms with E-state index in [4.69, 9.17) is 4.74 Å². The number of ether oxygens (including phenoxy) is 1. The Morgan fingerprint density at radius 1 is 1.27 bits per heavy atom. The molecular formula is C18H30N2O2. The molecule has 4 heteroatoms. The van der Waals surface area contributed by atoms with Crippen LogP contribution >= 0.6 is 0 Å². The molecule has 0 aliphatic heterocycles. The van der Waals surface area contributed by atoms with Gasteiger partial charge in [-0.2, -0.15) is 0 Å². The van der Waals surface area contributed by atoms with Crippen LogP contribution in [0.4, 0.5) is 10.5 Å². The van der Waals surface area contributed by atoms with Gasteiger partial charge in [0.1, 0.15) is 5.60 Å². The summed E-state index contributed by atoms with van der Waals surface area (Å²) in [7, 11) is 0. The molecule has 0 heterocycles. The summed E-state index contributed by atoms with van der Waals surface area (Å²) in [4.78, 5) is 14.0. The number of hydrogen-bond acceptors (Lipinski definition) is 3. The molecule has 1 amide bonds. The van der Waals surface area contributed by atoms with Gasteiger partial charge in [-0.3, -0.25) is 0 Å². The van der Waals surface area contributed by atoms with E-state index in [9.17, 15) is 4.79 Å². The van der Waals surface area contributed by atoms with Crippen molar-refractivity contribution in [2.45, 2.75) is 66.2 Å². The minimum absolute atomic E-state index is 0.270. The van der Waals surface area contributed by atoms with Crippen LogP contribution in [0.15, 0.2) is 24.3 Å². The highest BCUT2D eigenvalue weighted by Gasteiger charge is 2.21. The van der Waals surface area contributed by atoms with Crippen LogP contribution in [0, 0.1) is 0 Å². The molecule has 0 aromatic heterocycles. The van der Waals surface area contributed by atoms with Crippen molar-refractivity contribution in [1.82, 2.24) is 4.90 Å². The SMILES string of the molecule is CCC(C)Nc1ccccc1CN(CC)C(=O)OC(C)(C)C. The van der Waals surface area contributed by atoms with E-state index in [-0.39, 0.29) is 6.09 Å². The van der Waals surface area contributed by atoms with Crippen molar-refractivity contribution in [3.05, 3.63) is 29.8 Å². The predicted octanol–water partition coefficient (Wildman–Crippen LogP) is 4.65. The minimum atomic E-state index is -0.473. The fourth-order valence-corrected chi connectivity index (χ4v) is 2.00. The lowest BCUT2D eigenvalue weighted by Crippen LogP contribution is -2.36. The Hall–Kier alpha value is -1.71. The van der Waals surface area contributed by atoms with E-state index in [0.717, 1.165) is 17.7 Å². The molecule has 0 spiro atoms. The molecule has 22 heavy (non-hydrogen) atoms. The maximum absolute atomic E-state index is 12.3. The molecule has 0 aliphatic rings. The van der Waals surface area contributed by atoms with Crippen LogP contribution in [0.3, 0.4) is 0 Å². The number of nitrogens with one attached hydrogen (secondary N) is 1. The predicted molar refractivity (Wildman–Crippen MR) is 92.1 cm³/mol. The number of para-hydroxylation sites is 1. The summed E-state index contributed by atoms with van der Waals surface area (Å²) in [5.41, 5.74) is 1.72. The van der Waals surface area contributed by atoms with Gasteiger partial charge in [0.15, 0.2) is 0 Å². The molecule has 124 valence electrons. The van der Waals surface area contributed by atoms with Crippen LogP contribution in [0.1, 0.15) is 53.5 Å². The van der Waals surface area contributed by atoms with Crippen molar-refractivity contribution in [3.8, 4) is 0 Å². The Morgan fingerprint density at radius 2 is 1.91 bits per heavy atom. The number of hydrogen-bond donors (Lipinski definition) is 1. The first-order valence-corrected chi connectivity index (χ1v) is 8.09. The second-order valence-corrected chi connectivity index (χ2v) is 6.61. The zero-order valence-electron chi connectivity index (χ0n) is 14.8. The zero-order valence-corrected chi connectivity index (χ0v) is 14.8. The van der Waals surface area contributed by atoms with Gasteiger partial charge in [0.2, 0.25) is 0 Å². The topological polar surface area (TPSA) is 41.6 Å². The van der Waals surface area contributed by atoms with Crippen molar-refractivity contribution in [2.75, 3.05) is 11.9 Å². The van der Waals surface area contributed by atoms with E-state index in [2.05, 4.69) is 31.3 Å². The molecule has 0 aliphatic carbocycles. The fraction of sp³-hybridized carbons (Fsp3) is 0.611. The van der Waals surface area contributed by atoms with E-state index in [1.165, 1.54) is 0 Å². The van der Waals surface area contributed by atoms with E-state index in [0.29, 0.717) is 19.1 Å². The molecule has 1 rings (SSSR count). The molecular weight excluding hydrogens is 276 g/mol. The average Bonchev–Trinajstić information content (AvgIpc) is 2.44. The molecule has 1 unspecified atom stereocenters. The molecule has 4 nitrogen and oxygen atoms in total. The summed E-state index contributed by atoms with van der Waals surface area (Å²) in [6.07, 6.45) is 0.783. The van der Waals surface area contributed by atoms with E-state index in [1.807, 2.05) is 39.8 Å². The van der Waals surface area contributed by atoms with Gasteiger partial charge in [-0.15, -0.1) is 0 Å². The molecule has 1 N–H and O–H groups in total. The number of carbonyl (C=O) groups excluding carboxylic acids is 1. The molecule has 1 aromatic rings. The van der Waals surface area contributed by atoms with Gasteiger partial charge in [-0.25, -0.2) is 4.79 Å². The third kappa shape index (κ3) is 5.96. The number of anilines is 1. The summed E-state index contributed by atoms with van der Waals surface area (Å²) in [5.74, 6) is 0. The Bertz CT molecular complexity index is 480. The largest absolute Gasteiger partial charge is 0.444 e. The monoisotopic (exact) mass is 306 g/mol.